The summed E-state index contributed by atoms with van der Waals surface area (Å²) in [4.78, 5) is 16.5. The smallest absolute Gasteiger partial charge is 0.282 e. The van der Waals surface area contributed by atoms with E-state index < -0.39 is 5.91 Å². The van der Waals surface area contributed by atoms with Crippen molar-refractivity contribution in [3.63, 3.8) is 0 Å². The first-order valence-electron chi connectivity index (χ1n) is 7.53. The van der Waals surface area contributed by atoms with Crippen LogP contribution in [0.15, 0.2) is 68.7 Å². The van der Waals surface area contributed by atoms with Gasteiger partial charge in [-0.3, -0.25) is 10.2 Å². The monoisotopic (exact) mass is 444 g/mol. The van der Waals surface area contributed by atoms with Gasteiger partial charge in [0, 0.05) is 10.0 Å². The van der Waals surface area contributed by atoms with Crippen molar-refractivity contribution in [3.05, 3.63) is 74.7 Å². The first-order chi connectivity index (χ1) is 12.5. The van der Waals surface area contributed by atoms with Gasteiger partial charge in [-0.2, -0.15) is 15.1 Å². The van der Waals surface area contributed by atoms with Crippen LogP contribution in [0.3, 0.4) is 0 Å². The molecule has 2 aliphatic rings. The molecular weight excluding hydrogens is 436 g/mol. The lowest BCUT2D eigenvalue weighted by molar-refractivity contribution is -0.114. The number of carbonyl (C=O) groups excluding carboxylic acids is 1. The van der Waals surface area contributed by atoms with E-state index in [2.05, 4.69) is 26.0 Å². The highest BCUT2D eigenvalue weighted by molar-refractivity contribution is 9.10. The van der Waals surface area contributed by atoms with Gasteiger partial charge in [0.2, 0.25) is 5.17 Å². The Balaban J connectivity index is 1.70. The minimum absolute atomic E-state index is 0.00234. The molecule has 0 fully saturated rings. The van der Waals surface area contributed by atoms with Crippen molar-refractivity contribution in [3.8, 4) is 0 Å². The zero-order valence-electron chi connectivity index (χ0n) is 13.1. The van der Waals surface area contributed by atoms with Crippen molar-refractivity contribution in [1.82, 2.24) is 5.01 Å². The summed E-state index contributed by atoms with van der Waals surface area (Å²) < 4.78 is 0.940. The van der Waals surface area contributed by atoms with Crippen LogP contribution in [0, 0.1) is 5.41 Å². The van der Waals surface area contributed by atoms with Crippen molar-refractivity contribution in [2.75, 3.05) is 0 Å². The predicted molar refractivity (Wildman–Crippen MR) is 110 cm³/mol. The zero-order chi connectivity index (χ0) is 18.3. The van der Waals surface area contributed by atoms with Crippen LogP contribution >= 0.6 is 39.3 Å². The molecular formula is C18H10BrClN4OS. The van der Waals surface area contributed by atoms with Crippen LogP contribution in [-0.4, -0.2) is 27.0 Å². The van der Waals surface area contributed by atoms with Crippen LogP contribution in [0.2, 0.25) is 5.02 Å². The Hall–Kier alpha value is -2.22. The Kier molecular flexibility index (Phi) is 4.52. The van der Waals surface area contributed by atoms with Crippen LogP contribution in [0.25, 0.3) is 6.08 Å². The third-order valence-electron chi connectivity index (χ3n) is 3.74. The van der Waals surface area contributed by atoms with Crippen LogP contribution < -0.4 is 0 Å². The van der Waals surface area contributed by atoms with E-state index in [0.29, 0.717) is 15.2 Å². The quantitative estimate of drug-likeness (QED) is 0.677. The number of fused-ring (bicyclic) bond motifs is 1. The van der Waals surface area contributed by atoms with Crippen molar-refractivity contribution in [2.45, 2.75) is 0 Å². The number of hydrazone groups is 1. The summed E-state index contributed by atoms with van der Waals surface area (Å²) in [6, 6.07) is 14.8. The van der Waals surface area contributed by atoms with Crippen molar-refractivity contribution in [2.24, 2.45) is 10.1 Å². The molecule has 2 aromatic rings. The van der Waals surface area contributed by atoms with Crippen LogP contribution in [0.5, 0.6) is 0 Å². The van der Waals surface area contributed by atoms with Gasteiger partial charge in [0.15, 0.2) is 5.84 Å². The third kappa shape index (κ3) is 3.13. The lowest BCUT2D eigenvalue weighted by Crippen LogP contribution is -2.35. The largest absolute Gasteiger partial charge is 0.283 e. The lowest BCUT2D eigenvalue weighted by Gasteiger charge is -2.20. The SMILES string of the molecule is N=C1/C(=C\c2ccc(Br)cc2)C(=O)N=C2SC(c3ccccc3Cl)=NN12. The highest BCUT2D eigenvalue weighted by atomic mass is 79.9. The molecule has 4 rings (SSSR count). The molecule has 0 saturated heterocycles. The Morgan fingerprint density at radius 3 is 2.62 bits per heavy atom. The standard InChI is InChI=1S/C18H10BrClN4OS/c19-11-7-5-10(6-8-11)9-13-15(21)24-18(22-16(13)25)26-17(23-24)12-3-1-2-4-14(12)20/h1-9,21H/b13-9+,21-15?. The van der Waals surface area contributed by atoms with E-state index in [-0.39, 0.29) is 11.4 Å². The molecule has 0 bridgehead atoms. The number of halogens is 2. The van der Waals surface area contributed by atoms with E-state index >= 15 is 0 Å². The molecule has 26 heavy (non-hydrogen) atoms. The first-order valence-corrected chi connectivity index (χ1v) is 9.52. The summed E-state index contributed by atoms with van der Waals surface area (Å²) in [7, 11) is 0. The Morgan fingerprint density at radius 1 is 1.15 bits per heavy atom. The van der Waals surface area contributed by atoms with Crippen LogP contribution in [0.1, 0.15) is 11.1 Å². The molecule has 5 nitrogen and oxygen atoms in total. The second-order valence-corrected chi connectivity index (χ2v) is 7.74. The topological polar surface area (TPSA) is 68.9 Å². The van der Waals surface area contributed by atoms with E-state index in [1.54, 1.807) is 12.1 Å². The fourth-order valence-electron chi connectivity index (χ4n) is 2.46. The van der Waals surface area contributed by atoms with Crippen molar-refractivity contribution < 1.29 is 4.79 Å². The van der Waals surface area contributed by atoms with Gasteiger partial charge in [0.1, 0.15) is 5.04 Å². The summed E-state index contributed by atoms with van der Waals surface area (Å²) in [6.07, 6.45) is 1.64. The molecule has 0 aromatic heterocycles. The minimum atomic E-state index is -0.452. The summed E-state index contributed by atoms with van der Waals surface area (Å²) in [5.41, 5.74) is 1.75. The molecule has 0 saturated carbocycles. The summed E-state index contributed by atoms with van der Waals surface area (Å²) in [5, 5.41) is 15.7. The summed E-state index contributed by atoms with van der Waals surface area (Å²) in [6.45, 7) is 0. The normalized spacial score (nSPS) is 18.1. The second kappa shape index (κ2) is 6.83. The van der Waals surface area contributed by atoms with E-state index in [9.17, 15) is 4.79 Å². The molecule has 0 spiro atoms. The number of nitrogens with one attached hydrogen (secondary N) is 1. The van der Waals surface area contributed by atoms with Gasteiger partial charge in [-0.15, -0.1) is 0 Å². The van der Waals surface area contributed by atoms with E-state index in [1.807, 2.05) is 42.5 Å². The van der Waals surface area contributed by atoms with Gasteiger partial charge in [-0.1, -0.05) is 57.9 Å². The number of hydrogen-bond acceptors (Lipinski definition) is 4. The van der Waals surface area contributed by atoms with Crippen molar-refractivity contribution in [1.29, 1.82) is 5.41 Å². The van der Waals surface area contributed by atoms with Gasteiger partial charge >= 0.3 is 0 Å². The average Bonchev–Trinajstić information content (AvgIpc) is 3.04. The molecule has 2 heterocycles. The number of rotatable bonds is 2. The number of hydrogen-bond donors (Lipinski definition) is 1. The predicted octanol–water partition coefficient (Wildman–Crippen LogP) is 4.77. The molecule has 1 N–H and O–H groups in total. The maximum absolute atomic E-state index is 12.4. The molecule has 0 atom stereocenters. The fraction of sp³-hybridized carbons (Fsp3) is 0. The lowest BCUT2D eigenvalue weighted by atomic mass is 10.1. The third-order valence-corrected chi connectivity index (χ3v) is 5.54. The average molecular weight is 446 g/mol. The number of aliphatic imine (C=N–C) groups is 1. The van der Waals surface area contributed by atoms with E-state index in [4.69, 9.17) is 17.0 Å². The van der Waals surface area contributed by atoms with Gasteiger partial charge in [0.05, 0.1) is 10.6 Å². The molecule has 128 valence electrons. The number of benzene rings is 2. The highest BCUT2D eigenvalue weighted by Crippen LogP contribution is 2.33. The maximum atomic E-state index is 12.4. The first kappa shape index (κ1) is 17.2. The Bertz CT molecular complexity index is 1030. The maximum Gasteiger partial charge on any atom is 0.283 e. The summed E-state index contributed by atoms with van der Waals surface area (Å²) >= 11 is 10.8. The summed E-state index contributed by atoms with van der Waals surface area (Å²) in [5.74, 6) is -0.454. The molecule has 8 heteroatoms. The second-order valence-electron chi connectivity index (χ2n) is 5.46. The Labute approximate surface area is 167 Å². The number of thioether (sulfide) groups is 1. The van der Waals surface area contributed by atoms with Crippen LogP contribution in [0.4, 0.5) is 0 Å². The van der Waals surface area contributed by atoms with Crippen LogP contribution in [-0.2, 0) is 4.79 Å². The number of amides is 1. The molecule has 0 unspecified atom stereocenters. The Morgan fingerprint density at radius 2 is 1.88 bits per heavy atom. The molecule has 2 aliphatic heterocycles. The fourth-order valence-corrected chi connectivity index (χ4v) is 3.94. The van der Waals surface area contributed by atoms with Gasteiger partial charge in [0.25, 0.3) is 5.91 Å². The minimum Gasteiger partial charge on any atom is -0.282 e. The zero-order valence-corrected chi connectivity index (χ0v) is 16.3. The van der Waals surface area contributed by atoms with E-state index in [1.165, 1.54) is 16.8 Å². The highest BCUT2D eigenvalue weighted by Gasteiger charge is 2.36. The molecule has 2 aromatic carbocycles. The number of amidine groups is 2. The molecule has 1 amide bonds. The van der Waals surface area contributed by atoms with Gasteiger partial charge in [-0.05, 0) is 41.6 Å². The number of nitrogens with zero attached hydrogens (tertiary/aromatic N) is 3. The van der Waals surface area contributed by atoms with Crippen molar-refractivity contribution >= 4 is 67.3 Å². The molecule has 0 radical (unpaired) electrons. The van der Waals surface area contributed by atoms with Gasteiger partial charge in [-0.25, -0.2) is 0 Å². The van der Waals surface area contributed by atoms with Gasteiger partial charge < -0.3 is 0 Å². The number of carbonyl (C=O) groups is 1. The molecule has 0 aliphatic carbocycles. The van der Waals surface area contributed by atoms with E-state index in [0.717, 1.165) is 15.6 Å².